The average Bonchev–Trinajstić information content (AvgIpc) is 3.05. The number of imidazole rings is 1. The van der Waals surface area contributed by atoms with Crippen molar-refractivity contribution in [3.05, 3.63) is 24.3 Å². The van der Waals surface area contributed by atoms with Gasteiger partial charge in [0.25, 0.3) is 0 Å². The minimum absolute atomic E-state index is 0.0541. The van der Waals surface area contributed by atoms with Crippen molar-refractivity contribution in [2.24, 2.45) is 7.05 Å². The lowest BCUT2D eigenvalue weighted by atomic mass is 10.2. The quantitative estimate of drug-likeness (QED) is 0.346. The summed E-state index contributed by atoms with van der Waals surface area (Å²) in [4.78, 5) is 15.4. The van der Waals surface area contributed by atoms with E-state index in [0.29, 0.717) is 4.57 Å². The number of carbonyl (C=O) groups excluding carboxylic acids is 1. The van der Waals surface area contributed by atoms with E-state index >= 15 is 0 Å². The molecule has 23 heteroatoms. The fourth-order valence-corrected chi connectivity index (χ4v) is 2.60. The van der Waals surface area contributed by atoms with Crippen molar-refractivity contribution in [2.45, 2.75) is 48.4 Å². The van der Waals surface area contributed by atoms with Crippen molar-refractivity contribution in [3.63, 3.8) is 0 Å². The summed E-state index contributed by atoms with van der Waals surface area (Å²) in [5, 5.41) is 0.850. The molecule has 0 unspecified atom stereocenters. The molecule has 2 atom stereocenters. The highest BCUT2D eigenvalue weighted by molar-refractivity contribution is 5.97. The van der Waals surface area contributed by atoms with E-state index in [-0.39, 0.29) is 11.0 Å². The highest BCUT2D eigenvalue weighted by Gasteiger charge is 2.85. The monoisotopic (exact) mass is 625 g/mol. The number of fused-ring (bicyclic) bond motifs is 1. The molecule has 0 saturated heterocycles. The Hall–Kier alpha value is -3.11. The van der Waals surface area contributed by atoms with Gasteiger partial charge in [-0.3, -0.25) is 19.6 Å². The Labute approximate surface area is 207 Å². The normalized spacial score (nSPS) is 17.4. The molecule has 0 aliphatic carbocycles. The molecule has 0 saturated carbocycles. The number of anilines is 1. The lowest BCUT2D eigenvalue weighted by Crippen LogP contribution is -2.68. The van der Waals surface area contributed by atoms with E-state index in [1.165, 1.54) is 22.9 Å². The number of hydrogen-bond donors (Lipinski definition) is 1. The highest BCUT2D eigenvalue weighted by atomic mass is 19.4. The molecule has 1 heterocycles. The molecule has 0 fully saturated rings. The number of alkyl halides is 17. The van der Waals surface area contributed by atoms with E-state index < -0.39 is 60.2 Å². The van der Waals surface area contributed by atoms with Gasteiger partial charge in [0, 0.05) is 7.05 Å². The van der Waals surface area contributed by atoms with Gasteiger partial charge < -0.3 is 4.57 Å². The molecular formula is C17H8F17N3O3. The highest BCUT2D eigenvalue weighted by Crippen LogP contribution is 2.56. The number of amides is 1. The first-order valence-electron chi connectivity index (χ1n) is 9.40. The van der Waals surface area contributed by atoms with Crippen LogP contribution in [0.1, 0.15) is 0 Å². The standard InChI is InChI=1S/C17H8F17N3O3/c1-37-7-5-3-2-4-6(7)35-9(37)36-8(38)10(18,13(22,23)24)39-17(33,34)12(21,15(28,29)30)40-16(31,32)11(19,20)14(25,26)27/h2-5H,1H3,(H,35,36,38)/t10-,12-/m0/s1. The van der Waals surface area contributed by atoms with Crippen molar-refractivity contribution in [1.29, 1.82) is 0 Å². The molecule has 1 N–H and O–H groups in total. The first-order chi connectivity index (χ1) is 17.6. The topological polar surface area (TPSA) is 65.4 Å². The number of nitrogens with zero attached hydrogens (tertiary/aromatic N) is 2. The Kier molecular flexibility index (Phi) is 7.84. The number of benzene rings is 1. The maximum Gasteiger partial charge on any atom is 0.462 e. The lowest BCUT2D eigenvalue weighted by Gasteiger charge is -2.40. The van der Waals surface area contributed by atoms with Crippen LogP contribution in [0.25, 0.3) is 11.0 Å². The average molecular weight is 625 g/mol. The number of ether oxygens (including phenoxy) is 2. The first kappa shape index (κ1) is 33.1. The molecule has 0 radical (unpaired) electrons. The van der Waals surface area contributed by atoms with Crippen molar-refractivity contribution >= 4 is 22.9 Å². The lowest BCUT2D eigenvalue weighted by molar-refractivity contribution is -0.548. The third-order valence-corrected chi connectivity index (χ3v) is 4.67. The number of nitrogens with one attached hydrogen (secondary N) is 1. The molecule has 1 aromatic carbocycles. The zero-order chi connectivity index (χ0) is 31.5. The molecule has 0 spiro atoms. The van der Waals surface area contributed by atoms with E-state index in [1.54, 1.807) is 0 Å². The van der Waals surface area contributed by atoms with Crippen LogP contribution >= 0.6 is 0 Å². The van der Waals surface area contributed by atoms with Crippen LogP contribution in [-0.4, -0.2) is 63.8 Å². The number of hydrogen-bond acceptors (Lipinski definition) is 4. The smallest absolute Gasteiger partial charge is 0.313 e. The van der Waals surface area contributed by atoms with E-state index in [0.717, 1.165) is 18.4 Å². The maximum atomic E-state index is 14.7. The van der Waals surface area contributed by atoms with Crippen LogP contribution < -0.4 is 5.32 Å². The van der Waals surface area contributed by atoms with Crippen LogP contribution in [0.5, 0.6) is 0 Å². The summed E-state index contributed by atoms with van der Waals surface area (Å²) >= 11 is 0. The summed E-state index contributed by atoms with van der Waals surface area (Å²) in [6, 6.07) is 4.83. The largest absolute Gasteiger partial charge is 0.462 e. The summed E-state index contributed by atoms with van der Waals surface area (Å²) in [5.74, 6) is -27.6. The van der Waals surface area contributed by atoms with Gasteiger partial charge in [-0.25, -0.2) is 4.98 Å². The molecule has 2 aromatic rings. The zero-order valence-corrected chi connectivity index (χ0v) is 18.4. The van der Waals surface area contributed by atoms with Gasteiger partial charge >= 0.3 is 54.3 Å². The second-order valence-corrected chi connectivity index (χ2v) is 7.43. The summed E-state index contributed by atoms with van der Waals surface area (Å²) in [6.45, 7) is 0. The van der Waals surface area contributed by atoms with E-state index in [2.05, 4.69) is 4.98 Å². The second kappa shape index (κ2) is 9.48. The van der Waals surface area contributed by atoms with Crippen LogP contribution in [0.4, 0.5) is 80.6 Å². The fourth-order valence-electron chi connectivity index (χ4n) is 2.60. The summed E-state index contributed by atoms with van der Waals surface area (Å²) < 4.78 is 229. The number of halogens is 17. The van der Waals surface area contributed by atoms with Gasteiger partial charge in [-0.15, -0.1) is 0 Å². The van der Waals surface area contributed by atoms with Gasteiger partial charge in [0.2, 0.25) is 5.95 Å². The van der Waals surface area contributed by atoms with Gasteiger partial charge in [-0.05, 0) is 12.1 Å². The van der Waals surface area contributed by atoms with Crippen molar-refractivity contribution in [2.75, 3.05) is 5.32 Å². The molecule has 1 amide bonds. The number of para-hydroxylation sites is 2. The molecule has 0 aliphatic heterocycles. The van der Waals surface area contributed by atoms with Crippen molar-refractivity contribution in [3.8, 4) is 0 Å². The Morgan fingerprint density at radius 1 is 0.725 bits per heavy atom. The third-order valence-electron chi connectivity index (χ3n) is 4.67. The van der Waals surface area contributed by atoms with Crippen molar-refractivity contribution < 1.29 is 88.9 Å². The van der Waals surface area contributed by atoms with Gasteiger partial charge in [0.1, 0.15) is 0 Å². The molecule has 1 aromatic heterocycles. The summed E-state index contributed by atoms with van der Waals surface area (Å²) in [5.41, 5.74) is -0.231. The number of aryl methyl sites for hydroxylation is 1. The van der Waals surface area contributed by atoms with Gasteiger partial charge in [0.05, 0.1) is 11.0 Å². The minimum Gasteiger partial charge on any atom is -0.313 e. The maximum absolute atomic E-state index is 14.7. The Balaban J connectivity index is 2.60. The van der Waals surface area contributed by atoms with Crippen LogP contribution in [-0.2, 0) is 21.3 Å². The molecule has 2 rings (SSSR count). The molecule has 228 valence electrons. The van der Waals surface area contributed by atoms with Gasteiger partial charge in [0.15, 0.2) is 0 Å². The molecule has 40 heavy (non-hydrogen) atoms. The van der Waals surface area contributed by atoms with E-state index in [9.17, 15) is 79.4 Å². The molecule has 0 bridgehead atoms. The van der Waals surface area contributed by atoms with Gasteiger partial charge in [-0.2, -0.15) is 74.6 Å². The van der Waals surface area contributed by atoms with E-state index in [1.807, 2.05) is 4.74 Å². The second-order valence-electron chi connectivity index (χ2n) is 7.43. The third kappa shape index (κ3) is 5.31. The van der Waals surface area contributed by atoms with Crippen LogP contribution in [0.3, 0.4) is 0 Å². The number of rotatable bonds is 8. The summed E-state index contributed by atoms with van der Waals surface area (Å²) in [6.07, 6.45) is -38.7. The number of carbonyl (C=O) groups is 1. The predicted molar refractivity (Wildman–Crippen MR) is 92.2 cm³/mol. The van der Waals surface area contributed by atoms with Crippen LogP contribution in [0.2, 0.25) is 0 Å². The van der Waals surface area contributed by atoms with Gasteiger partial charge in [-0.1, -0.05) is 12.1 Å². The first-order valence-corrected chi connectivity index (χ1v) is 9.40. The van der Waals surface area contributed by atoms with Crippen molar-refractivity contribution in [1.82, 2.24) is 9.55 Å². The zero-order valence-electron chi connectivity index (χ0n) is 18.4. The summed E-state index contributed by atoms with van der Waals surface area (Å²) in [7, 11) is 0.904. The van der Waals surface area contributed by atoms with E-state index in [4.69, 9.17) is 0 Å². The van der Waals surface area contributed by atoms with Crippen LogP contribution in [0, 0.1) is 0 Å². The predicted octanol–water partition coefficient (Wildman–Crippen LogP) is 6.38. The Morgan fingerprint density at radius 3 is 1.65 bits per heavy atom. The molecular weight excluding hydrogens is 617 g/mol. The molecule has 6 nitrogen and oxygen atoms in total. The number of aromatic nitrogens is 2. The van der Waals surface area contributed by atoms with Crippen LogP contribution in [0.15, 0.2) is 24.3 Å². The Bertz CT molecular complexity index is 1250. The Morgan fingerprint density at radius 2 is 1.23 bits per heavy atom. The minimum atomic E-state index is -8.08. The fraction of sp³-hybridized carbons (Fsp3) is 0.529. The molecule has 0 aliphatic rings. The SMILES string of the molecule is Cn1c(NC(=O)[C@](F)(OC(F)(F)[C@@](F)(OC(F)(F)C(F)(F)C(F)(F)F)C(F)(F)F)C(F)(F)F)nc2ccccc21.